The molecule has 138 valence electrons. The second kappa shape index (κ2) is 8.06. The Morgan fingerprint density at radius 3 is 2.63 bits per heavy atom. The second-order valence-electron chi connectivity index (χ2n) is 6.27. The van der Waals surface area contributed by atoms with Crippen LogP contribution in [0.1, 0.15) is 33.2 Å². The van der Waals surface area contributed by atoms with Crippen molar-refractivity contribution < 1.29 is 19.4 Å². The Hall–Kier alpha value is -3.11. The molecule has 3 rings (SSSR count). The minimum atomic E-state index is -0.698. The Balaban J connectivity index is 2.03. The van der Waals surface area contributed by atoms with Crippen LogP contribution in [0.3, 0.4) is 0 Å². The molecule has 0 heterocycles. The van der Waals surface area contributed by atoms with E-state index in [0.717, 1.165) is 27.5 Å². The number of fused-ring (bicyclic) bond motifs is 1. The SMILES string of the molecule is C=CC(O)c1ccc2cccc(Cc3ccc(C(=O)OC)cc3OC)c2c1. The highest BCUT2D eigenvalue weighted by Crippen LogP contribution is 2.29. The molecule has 27 heavy (non-hydrogen) atoms. The number of aliphatic hydroxyl groups is 1. The van der Waals surface area contributed by atoms with Crippen molar-refractivity contribution in [3.8, 4) is 5.75 Å². The Morgan fingerprint density at radius 1 is 1.11 bits per heavy atom. The molecule has 0 fully saturated rings. The van der Waals surface area contributed by atoms with Gasteiger partial charge in [-0.25, -0.2) is 4.79 Å². The average molecular weight is 362 g/mol. The molecule has 0 spiro atoms. The van der Waals surface area contributed by atoms with Gasteiger partial charge in [0.05, 0.1) is 25.9 Å². The third-order valence-corrected chi connectivity index (χ3v) is 4.65. The van der Waals surface area contributed by atoms with Crippen molar-refractivity contribution in [3.05, 3.63) is 89.5 Å². The zero-order chi connectivity index (χ0) is 19.4. The fourth-order valence-electron chi connectivity index (χ4n) is 3.17. The summed E-state index contributed by atoms with van der Waals surface area (Å²) in [5.41, 5.74) is 3.33. The van der Waals surface area contributed by atoms with Gasteiger partial charge in [-0.05, 0) is 45.7 Å². The van der Waals surface area contributed by atoms with E-state index < -0.39 is 12.1 Å². The minimum Gasteiger partial charge on any atom is -0.496 e. The van der Waals surface area contributed by atoms with Crippen LogP contribution in [0.25, 0.3) is 10.8 Å². The number of benzene rings is 3. The minimum absolute atomic E-state index is 0.395. The predicted octanol–water partition coefficient (Wildman–Crippen LogP) is 4.45. The first-order valence-electron chi connectivity index (χ1n) is 8.64. The van der Waals surface area contributed by atoms with E-state index in [2.05, 4.69) is 12.6 Å². The number of methoxy groups -OCH3 is 2. The van der Waals surface area contributed by atoms with Gasteiger partial charge < -0.3 is 14.6 Å². The van der Waals surface area contributed by atoms with E-state index in [4.69, 9.17) is 9.47 Å². The maximum absolute atomic E-state index is 11.7. The van der Waals surface area contributed by atoms with Gasteiger partial charge in [0.25, 0.3) is 0 Å². The molecule has 1 unspecified atom stereocenters. The van der Waals surface area contributed by atoms with Gasteiger partial charge in [-0.1, -0.05) is 42.5 Å². The highest BCUT2D eigenvalue weighted by atomic mass is 16.5. The largest absolute Gasteiger partial charge is 0.496 e. The van der Waals surface area contributed by atoms with Crippen LogP contribution >= 0.6 is 0 Å². The topological polar surface area (TPSA) is 55.8 Å². The van der Waals surface area contributed by atoms with E-state index in [1.165, 1.54) is 13.2 Å². The van der Waals surface area contributed by atoms with Gasteiger partial charge in [0.2, 0.25) is 0 Å². The Bertz CT molecular complexity index is 991. The zero-order valence-corrected chi connectivity index (χ0v) is 15.4. The van der Waals surface area contributed by atoms with Crippen molar-refractivity contribution >= 4 is 16.7 Å². The lowest BCUT2D eigenvalue weighted by molar-refractivity contribution is 0.0600. The Labute approximate surface area is 158 Å². The molecule has 0 saturated heterocycles. The van der Waals surface area contributed by atoms with Crippen molar-refractivity contribution in [1.29, 1.82) is 0 Å². The van der Waals surface area contributed by atoms with Crippen molar-refractivity contribution in [1.82, 2.24) is 0 Å². The van der Waals surface area contributed by atoms with Gasteiger partial charge in [0, 0.05) is 6.42 Å². The van der Waals surface area contributed by atoms with Crippen LogP contribution in [0.4, 0.5) is 0 Å². The molecule has 0 saturated carbocycles. The van der Waals surface area contributed by atoms with Gasteiger partial charge in [-0.3, -0.25) is 0 Å². The lowest BCUT2D eigenvalue weighted by Gasteiger charge is -2.13. The fourth-order valence-corrected chi connectivity index (χ4v) is 3.17. The predicted molar refractivity (Wildman–Crippen MR) is 106 cm³/mol. The highest BCUT2D eigenvalue weighted by Gasteiger charge is 2.13. The van der Waals surface area contributed by atoms with Crippen LogP contribution in [0, 0.1) is 0 Å². The Kier molecular flexibility index (Phi) is 5.57. The smallest absolute Gasteiger partial charge is 0.337 e. The standard InChI is InChI=1S/C23H22O4/c1-4-21(24)17-9-8-15-6-5-7-16(20(15)13-17)12-18-10-11-19(23(25)27-3)14-22(18)26-2/h4-11,13-14,21,24H,1,12H2,2-3H3. The average Bonchev–Trinajstić information content (AvgIpc) is 2.72. The van der Waals surface area contributed by atoms with E-state index in [1.807, 2.05) is 36.4 Å². The molecule has 1 atom stereocenters. The van der Waals surface area contributed by atoms with E-state index in [-0.39, 0.29) is 0 Å². The molecule has 0 aliphatic rings. The summed E-state index contributed by atoms with van der Waals surface area (Å²) in [7, 11) is 2.94. The molecule has 0 amide bonds. The van der Waals surface area contributed by atoms with Crippen LogP contribution in [0.2, 0.25) is 0 Å². The molecule has 3 aromatic rings. The van der Waals surface area contributed by atoms with Gasteiger partial charge >= 0.3 is 5.97 Å². The van der Waals surface area contributed by atoms with Gasteiger partial charge in [-0.2, -0.15) is 0 Å². The third kappa shape index (κ3) is 3.86. The fraction of sp³-hybridized carbons (Fsp3) is 0.174. The number of aliphatic hydroxyl groups excluding tert-OH is 1. The van der Waals surface area contributed by atoms with Crippen molar-refractivity contribution in [2.75, 3.05) is 14.2 Å². The molecule has 0 radical (unpaired) electrons. The molecule has 3 aromatic carbocycles. The monoisotopic (exact) mass is 362 g/mol. The van der Waals surface area contributed by atoms with E-state index >= 15 is 0 Å². The second-order valence-corrected chi connectivity index (χ2v) is 6.27. The summed E-state index contributed by atoms with van der Waals surface area (Å²) >= 11 is 0. The molecular weight excluding hydrogens is 340 g/mol. The first kappa shape index (κ1) is 18.7. The van der Waals surface area contributed by atoms with Gasteiger partial charge in [-0.15, -0.1) is 6.58 Å². The molecule has 4 heteroatoms. The zero-order valence-electron chi connectivity index (χ0n) is 15.4. The van der Waals surface area contributed by atoms with Gasteiger partial charge in [0.15, 0.2) is 0 Å². The van der Waals surface area contributed by atoms with E-state index in [9.17, 15) is 9.90 Å². The van der Waals surface area contributed by atoms with E-state index in [1.54, 1.807) is 19.2 Å². The molecule has 0 aliphatic carbocycles. The Morgan fingerprint density at radius 2 is 1.93 bits per heavy atom. The maximum Gasteiger partial charge on any atom is 0.337 e. The summed E-state index contributed by atoms with van der Waals surface area (Å²) in [6, 6.07) is 17.3. The number of rotatable bonds is 6. The molecular formula is C23H22O4. The number of ether oxygens (including phenoxy) is 2. The molecule has 1 N–H and O–H groups in total. The molecule has 0 aliphatic heterocycles. The normalized spacial score (nSPS) is 11.8. The first-order chi connectivity index (χ1) is 13.1. The summed E-state index contributed by atoms with van der Waals surface area (Å²) < 4.78 is 10.3. The summed E-state index contributed by atoms with van der Waals surface area (Å²) in [4.78, 5) is 11.7. The third-order valence-electron chi connectivity index (χ3n) is 4.65. The number of esters is 1. The summed E-state index contributed by atoms with van der Waals surface area (Å²) in [5, 5.41) is 12.2. The summed E-state index contributed by atoms with van der Waals surface area (Å²) in [5.74, 6) is 0.241. The molecule has 4 nitrogen and oxygen atoms in total. The summed E-state index contributed by atoms with van der Waals surface area (Å²) in [6.07, 6.45) is 1.45. The van der Waals surface area contributed by atoms with Crippen LogP contribution in [0.15, 0.2) is 67.3 Å². The van der Waals surface area contributed by atoms with Crippen LogP contribution in [-0.4, -0.2) is 25.3 Å². The molecule has 0 aromatic heterocycles. The van der Waals surface area contributed by atoms with Crippen LogP contribution in [0.5, 0.6) is 5.75 Å². The number of carbonyl (C=O) groups excluding carboxylic acids is 1. The highest BCUT2D eigenvalue weighted by molar-refractivity contribution is 5.90. The first-order valence-corrected chi connectivity index (χ1v) is 8.64. The lowest BCUT2D eigenvalue weighted by Crippen LogP contribution is -2.03. The van der Waals surface area contributed by atoms with Crippen molar-refractivity contribution in [2.45, 2.75) is 12.5 Å². The quantitative estimate of drug-likeness (QED) is 0.520. The van der Waals surface area contributed by atoms with Gasteiger partial charge in [0.1, 0.15) is 5.75 Å². The lowest BCUT2D eigenvalue weighted by atomic mass is 9.95. The van der Waals surface area contributed by atoms with Crippen molar-refractivity contribution in [2.24, 2.45) is 0 Å². The van der Waals surface area contributed by atoms with Crippen LogP contribution < -0.4 is 4.74 Å². The maximum atomic E-state index is 11.7. The number of hydrogen-bond donors (Lipinski definition) is 1. The van der Waals surface area contributed by atoms with Crippen LogP contribution in [-0.2, 0) is 11.2 Å². The summed E-state index contributed by atoms with van der Waals surface area (Å²) in [6.45, 7) is 3.66. The van der Waals surface area contributed by atoms with E-state index in [0.29, 0.717) is 17.7 Å². The number of hydrogen-bond acceptors (Lipinski definition) is 4. The van der Waals surface area contributed by atoms with Crippen molar-refractivity contribution in [3.63, 3.8) is 0 Å². The number of carbonyl (C=O) groups is 1. The molecule has 0 bridgehead atoms.